The molecule has 1 aliphatic carbocycles. The normalized spacial score (nSPS) is 14.1. The number of rotatable bonds is 7. The Kier molecular flexibility index (Phi) is 6.11. The summed E-state index contributed by atoms with van der Waals surface area (Å²) in [5, 5.41) is 6.29. The molecular formula is C28H25FN6O2S. The van der Waals surface area contributed by atoms with E-state index in [9.17, 15) is 14.0 Å². The molecule has 0 radical (unpaired) electrons. The second kappa shape index (κ2) is 9.60. The van der Waals surface area contributed by atoms with Gasteiger partial charge >= 0.3 is 0 Å². The van der Waals surface area contributed by atoms with Crippen LogP contribution >= 0.6 is 11.8 Å². The number of thioether (sulfide) groups is 1. The minimum absolute atomic E-state index is 0.00456. The quantitative estimate of drug-likeness (QED) is 0.285. The number of imidazole rings is 1. The van der Waals surface area contributed by atoms with Crippen molar-refractivity contribution >= 4 is 46.1 Å². The van der Waals surface area contributed by atoms with Crippen LogP contribution in [-0.2, 0) is 11.8 Å². The molecule has 8 nitrogen and oxygen atoms in total. The largest absolute Gasteiger partial charge is 0.350 e. The van der Waals surface area contributed by atoms with Gasteiger partial charge in [-0.15, -0.1) is 11.8 Å². The van der Waals surface area contributed by atoms with Crippen LogP contribution in [0, 0.1) is 11.7 Å². The summed E-state index contributed by atoms with van der Waals surface area (Å²) in [6.07, 6.45) is 10.9. The highest BCUT2D eigenvalue weighted by Crippen LogP contribution is 2.31. The van der Waals surface area contributed by atoms with Gasteiger partial charge in [0, 0.05) is 48.0 Å². The van der Waals surface area contributed by atoms with Crippen molar-refractivity contribution in [1.29, 1.82) is 0 Å². The molecule has 1 saturated carbocycles. The summed E-state index contributed by atoms with van der Waals surface area (Å²) in [4.78, 5) is 34.3. The lowest BCUT2D eigenvalue weighted by Gasteiger charge is -2.17. The van der Waals surface area contributed by atoms with Crippen molar-refractivity contribution in [3.05, 3.63) is 84.2 Å². The molecule has 1 aliphatic rings. The van der Waals surface area contributed by atoms with E-state index in [-0.39, 0.29) is 28.9 Å². The maximum Gasteiger partial charge on any atom is 0.254 e. The standard InChI is InChI=1S/C28H25FN6O2S/c1-34-14-22(26(37)33-27(38-2)18-4-3-5-20(29)10-18)21-11-17(8-9-23(21)34)19-12-30-28-32-24(15-35(28)13-19)31-25(36)16-6-7-16/h3-5,8-16,27H,6-7H2,1-2H3,(H,31,36)(H,33,37). The smallest absolute Gasteiger partial charge is 0.254 e. The van der Waals surface area contributed by atoms with Gasteiger partial charge in [-0.3, -0.25) is 14.0 Å². The molecule has 2 aromatic carbocycles. The molecule has 1 fully saturated rings. The third kappa shape index (κ3) is 4.63. The van der Waals surface area contributed by atoms with Crippen LogP contribution in [0.3, 0.4) is 0 Å². The first-order valence-electron chi connectivity index (χ1n) is 12.2. The first-order valence-corrected chi connectivity index (χ1v) is 13.5. The van der Waals surface area contributed by atoms with Gasteiger partial charge in [-0.05, 0) is 54.5 Å². The van der Waals surface area contributed by atoms with E-state index in [2.05, 4.69) is 20.6 Å². The van der Waals surface area contributed by atoms with Gasteiger partial charge in [0.2, 0.25) is 11.7 Å². The van der Waals surface area contributed by atoms with Gasteiger partial charge in [-0.25, -0.2) is 9.37 Å². The number of aryl methyl sites for hydroxylation is 1. The molecule has 1 unspecified atom stereocenters. The highest BCUT2D eigenvalue weighted by Gasteiger charge is 2.30. The van der Waals surface area contributed by atoms with Crippen molar-refractivity contribution < 1.29 is 14.0 Å². The van der Waals surface area contributed by atoms with Crippen LogP contribution in [0.4, 0.5) is 10.2 Å². The van der Waals surface area contributed by atoms with Crippen LogP contribution in [0.15, 0.2) is 67.3 Å². The fraction of sp³-hybridized carbons (Fsp3) is 0.214. The predicted octanol–water partition coefficient (Wildman–Crippen LogP) is 5.17. The average Bonchev–Trinajstić information content (AvgIpc) is 3.62. The SMILES string of the molecule is CSC(NC(=O)c1cn(C)c2ccc(-c3cnc4nc(NC(=O)C5CC5)cn4c3)cc12)c1cccc(F)c1. The molecule has 6 rings (SSSR count). The Balaban J connectivity index is 1.30. The summed E-state index contributed by atoms with van der Waals surface area (Å²) in [7, 11) is 1.90. The van der Waals surface area contributed by atoms with Crippen LogP contribution in [0.25, 0.3) is 27.8 Å². The van der Waals surface area contributed by atoms with Crippen molar-refractivity contribution in [2.45, 2.75) is 18.2 Å². The maximum atomic E-state index is 13.8. The van der Waals surface area contributed by atoms with Crippen molar-refractivity contribution in [3.63, 3.8) is 0 Å². The van der Waals surface area contributed by atoms with E-state index in [0.29, 0.717) is 22.7 Å². The second-order valence-electron chi connectivity index (χ2n) is 9.47. The summed E-state index contributed by atoms with van der Waals surface area (Å²) < 4.78 is 17.5. The van der Waals surface area contributed by atoms with E-state index in [1.165, 1.54) is 23.9 Å². The Morgan fingerprint density at radius 1 is 1.11 bits per heavy atom. The van der Waals surface area contributed by atoms with E-state index in [4.69, 9.17) is 0 Å². The Morgan fingerprint density at radius 3 is 2.71 bits per heavy atom. The molecular weight excluding hydrogens is 503 g/mol. The molecule has 2 amide bonds. The number of carbonyl (C=O) groups is 2. The lowest BCUT2D eigenvalue weighted by Crippen LogP contribution is -2.26. The lowest BCUT2D eigenvalue weighted by molar-refractivity contribution is -0.117. The summed E-state index contributed by atoms with van der Waals surface area (Å²) in [6.45, 7) is 0. The summed E-state index contributed by atoms with van der Waals surface area (Å²) in [5.74, 6) is 0.469. The third-order valence-corrected chi connectivity index (χ3v) is 7.59. The van der Waals surface area contributed by atoms with Crippen LogP contribution in [0.5, 0.6) is 0 Å². The number of halogens is 1. The molecule has 0 aliphatic heterocycles. The first-order chi connectivity index (χ1) is 18.4. The Morgan fingerprint density at radius 2 is 1.95 bits per heavy atom. The highest BCUT2D eigenvalue weighted by molar-refractivity contribution is 7.98. The topological polar surface area (TPSA) is 93.3 Å². The van der Waals surface area contributed by atoms with Gasteiger partial charge in [0.15, 0.2) is 5.82 Å². The minimum atomic E-state index is -0.390. The van der Waals surface area contributed by atoms with Crippen LogP contribution in [-0.4, -0.2) is 37.0 Å². The number of nitrogens with one attached hydrogen (secondary N) is 2. The Bertz CT molecular complexity index is 1710. The predicted molar refractivity (Wildman–Crippen MR) is 146 cm³/mol. The molecule has 1 atom stereocenters. The third-order valence-electron chi connectivity index (χ3n) is 6.73. The van der Waals surface area contributed by atoms with E-state index < -0.39 is 0 Å². The molecule has 5 aromatic rings. The Hall–Kier alpha value is -4.18. The van der Waals surface area contributed by atoms with Gasteiger partial charge in [0.25, 0.3) is 5.91 Å². The number of hydrogen-bond donors (Lipinski definition) is 2. The number of aromatic nitrogens is 4. The summed E-state index contributed by atoms with van der Waals surface area (Å²) in [5.41, 5.74) is 3.86. The second-order valence-corrected chi connectivity index (χ2v) is 10.4. The van der Waals surface area contributed by atoms with Crippen LogP contribution in [0.1, 0.15) is 34.1 Å². The van der Waals surface area contributed by atoms with E-state index in [1.807, 2.05) is 42.3 Å². The van der Waals surface area contributed by atoms with Gasteiger partial charge in [0.05, 0.1) is 11.8 Å². The lowest BCUT2D eigenvalue weighted by atomic mass is 10.0. The number of fused-ring (bicyclic) bond motifs is 2. The van der Waals surface area contributed by atoms with Crippen molar-refractivity contribution in [2.24, 2.45) is 13.0 Å². The fourth-order valence-electron chi connectivity index (χ4n) is 4.57. The number of carbonyl (C=O) groups excluding carboxylic acids is 2. The van der Waals surface area contributed by atoms with Crippen LogP contribution in [0.2, 0.25) is 0 Å². The molecule has 3 aromatic heterocycles. The molecule has 3 heterocycles. The minimum Gasteiger partial charge on any atom is -0.350 e. The maximum absolute atomic E-state index is 13.8. The van der Waals surface area contributed by atoms with Crippen LogP contribution < -0.4 is 10.6 Å². The van der Waals surface area contributed by atoms with Gasteiger partial charge in [-0.2, -0.15) is 4.98 Å². The molecule has 2 N–H and O–H groups in total. The monoisotopic (exact) mass is 528 g/mol. The van der Waals surface area contributed by atoms with E-state index in [1.54, 1.807) is 35.1 Å². The molecule has 0 saturated heterocycles. The van der Waals surface area contributed by atoms with Gasteiger partial charge in [0.1, 0.15) is 11.2 Å². The average molecular weight is 529 g/mol. The fourth-order valence-corrected chi connectivity index (χ4v) is 5.21. The number of anilines is 1. The number of nitrogens with zero attached hydrogens (tertiary/aromatic N) is 4. The van der Waals surface area contributed by atoms with Crippen molar-refractivity contribution in [3.8, 4) is 11.1 Å². The van der Waals surface area contributed by atoms with Crippen molar-refractivity contribution in [2.75, 3.05) is 11.6 Å². The molecule has 192 valence electrons. The molecule has 38 heavy (non-hydrogen) atoms. The first kappa shape index (κ1) is 24.2. The zero-order valence-corrected chi connectivity index (χ0v) is 21.6. The highest BCUT2D eigenvalue weighted by atomic mass is 32.2. The van der Waals surface area contributed by atoms with Crippen molar-refractivity contribution in [1.82, 2.24) is 24.3 Å². The Labute approximate surface area is 222 Å². The zero-order valence-electron chi connectivity index (χ0n) is 20.8. The molecule has 10 heteroatoms. The van der Waals surface area contributed by atoms with E-state index >= 15 is 0 Å². The molecule has 0 spiro atoms. The summed E-state index contributed by atoms with van der Waals surface area (Å²) in [6, 6.07) is 12.2. The van der Waals surface area contributed by atoms with Gasteiger partial charge in [-0.1, -0.05) is 18.2 Å². The number of benzene rings is 2. The zero-order chi connectivity index (χ0) is 26.4. The number of hydrogen-bond acceptors (Lipinski definition) is 5. The van der Waals surface area contributed by atoms with E-state index in [0.717, 1.165) is 34.9 Å². The number of amides is 2. The summed E-state index contributed by atoms with van der Waals surface area (Å²) >= 11 is 1.43. The molecule has 0 bridgehead atoms. The van der Waals surface area contributed by atoms with Gasteiger partial charge < -0.3 is 15.2 Å².